The van der Waals surface area contributed by atoms with E-state index in [0.717, 1.165) is 25.1 Å². The molecular weight excluding hydrogens is 471 g/mol. The fourth-order valence-corrected chi connectivity index (χ4v) is 6.24. The van der Waals surface area contributed by atoms with E-state index in [1.165, 1.54) is 34.3 Å². The minimum absolute atomic E-state index is 0.0958. The normalized spacial score (nSPS) is 18.0. The van der Waals surface area contributed by atoms with Gasteiger partial charge in [0.2, 0.25) is 21.9 Å². The molecule has 2 fully saturated rings. The SMILES string of the molecule is CCn1c(SCC(=O)N2CCN(S(=O)(=O)c3ccccc3F)CC2)nnc1N1CCOCC1. The summed E-state index contributed by atoms with van der Waals surface area (Å²) in [5.74, 6) is 0.0921. The average Bonchev–Trinajstić information content (AvgIpc) is 3.26. The molecule has 4 rings (SSSR count). The Morgan fingerprint density at radius 1 is 1.09 bits per heavy atom. The molecule has 0 radical (unpaired) electrons. The van der Waals surface area contributed by atoms with Crippen molar-refractivity contribution < 1.29 is 22.3 Å². The molecule has 3 heterocycles. The molecule has 0 saturated carbocycles. The summed E-state index contributed by atoms with van der Waals surface area (Å²) < 4.78 is 48.1. The molecule has 2 aromatic rings. The Bertz CT molecular complexity index is 1080. The molecule has 0 spiro atoms. The number of aromatic nitrogens is 3. The minimum atomic E-state index is -3.93. The van der Waals surface area contributed by atoms with Gasteiger partial charge in [-0.15, -0.1) is 10.2 Å². The van der Waals surface area contributed by atoms with Crippen LogP contribution in [0.1, 0.15) is 6.92 Å². The Balaban J connectivity index is 1.33. The van der Waals surface area contributed by atoms with Gasteiger partial charge in [-0.3, -0.25) is 9.36 Å². The quantitative estimate of drug-likeness (QED) is 0.519. The number of ether oxygens (including phenoxy) is 1. The van der Waals surface area contributed by atoms with Crippen LogP contribution in [-0.2, 0) is 26.1 Å². The van der Waals surface area contributed by atoms with Crippen molar-refractivity contribution in [3.05, 3.63) is 30.1 Å². The lowest BCUT2D eigenvalue weighted by Gasteiger charge is -2.34. The molecule has 0 unspecified atom stereocenters. The molecule has 10 nitrogen and oxygen atoms in total. The fraction of sp³-hybridized carbons (Fsp3) is 0.550. The van der Waals surface area contributed by atoms with Crippen LogP contribution in [0, 0.1) is 5.82 Å². The van der Waals surface area contributed by atoms with E-state index in [1.807, 2.05) is 11.5 Å². The predicted molar refractivity (Wildman–Crippen MR) is 121 cm³/mol. The van der Waals surface area contributed by atoms with Crippen molar-refractivity contribution in [2.24, 2.45) is 0 Å². The summed E-state index contributed by atoms with van der Waals surface area (Å²) in [6, 6.07) is 5.33. The van der Waals surface area contributed by atoms with Gasteiger partial charge in [-0.1, -0.05) is 23.9 Å². The van der Waals surface area contributed by atoms with Gasteiger partial charge in [0.25, 0.3) is 0 Å². The highest BCUT2D eigenvalue weighted by molar-refractivity contribution is 7.99. The standard InChI is InChI=1S/C20H27FN6O4S2/c1-2-27-19(25-11-13-31-14-12-25)22-23-20(27)32-15-18(28)24-7-9-26(10-8-24)33(29,30)17-6-4-3-5-16(17)21/h3-6H,2,7-15H2,1H3. The van der Waals surface area contributed by atoms with Gasteiger partial charge in [-0.25, -0.2) is 12.8 Å². The molecule has 0 N–H and O–H groups in total. The number of anilines is 1. The molecule has 180 valence electrons. The molecule has 1 amide bonds. The summed E-state index contributed by atoms with van der Waals surface area (Å²) in [5.41, 5.74) is 0. The van der Waals surface area contributed by atoms with Gasteiger partial charge in [-0.05, 0) is 19.1 Å². The maximum absolute atomic E-state index is 14.0. The highest BCUT2D eigenvalue weighted by atomic mass is 32.2. The van der Waals surface area contributed by atoms with Crippen LogP contribution in [0.4, 0.5) is 10.3 Å². The molecule has 2 aliphatic heterocycles. The fourth-order valence-electron chi connectivity index (χ4n) is 3.85. The van der Waals surface area contributed by atoms with E-state index < -0.39 is 15.8 Å². The first-order valence-corrected chi connectivity index (χ1v) is 13.3. The number of amides is 1. The van der Waals surface area contributed by atoms with Gasteiger partial charge in [0.05, 0.1) is 19.0 Å². The Hall–Kier alpha value is -2.22. The summed E-state index contributed by atoms with van der Waals surface area (Å²) in [6.07, 6.45) is 0. The number of halogens is 1. The van der Waals surface area contributed by atoms with E-state index in [4.69, 9.17) is 4.74 Å². The lowest BCUT2D eigenvalue weighted by atomic mass is 10.3. The number of rotatable bonds is 7. The lowest BCUT2D eigenvalue weighted by molar-refractivity contribution is -0.129. The summed E-state index contributed by atoms with van der Waals surface area (Å²) in [5, 5.41) is 9.25. The predicted octanol–water partition coefficient (Wildman–Crippen LogP) is 0.899. The van der Waals surface area contributed by atoms with Crippen LogP contribution in [0.25, 0.3) is 0 Å². The summed E-state index contributed by atoms with van der Waals surface area (Å²) in [6.45, 7) is 6.25. The van der Waals surface area contributed by atoms with Gasteiger partial charge < -0.3 is 14.5 Å². The minimum Gasteiger partial charge on any atom is -0.378 e. The number of sulfonamides is 1. The third-order valence-corrected chi connectivity index (χ3v) is 8.56. The van der Waals surface area contributed by atoms with Gasteiger partial charge >= 0.3 is 0 Å². The van der Waals surface area contributed by atoms with Gasteiger partial charge in [0.15, 0.2) is 5.16 Å². The van der Waals surface area contributed by atoms with E-state index >= 15 is 0 Å². The van der Waals surface area contributed by atoms with Crippen molar-refractivity contribution in [2.45, 2.75) is 23.5 Å². The van der Waals surface area contributed by atoms with Crippen molar-refractivity contribution in [2.75, 3.05) is 63.1 Å². The van der Waals surface area contributed by atoms with Gasteiger partial charge in [0, 0.05) is 45.8 Å². The zero-order valence-electron chi connectivity index (χ0n) is 18.4. The first kappa shape index (κ1) is 23.9. The highest BCUT2D eigenvalue weighted by Gasteiger charge is 2.32. The number of morpholine rings is 1. The van der Waals surface area contributed by atoms with Crippen LogP contribution in [0.15, 0.2) is 34.3 Å². The molecule has 1 aromatic carbocycles. The second-order valence-corrected chi connectivity index (χ2v) is 10.5. The maximum Gasteiger partial charge on any atom is 0.246 e. The monoisotopic (exact) mass is 498 g/mol. The van der Waals surface area contributed by atoms with Crippen molar-refractivity contribution in [3.63, 3.8) is 0 Å². The zero-order chi connectivity index (χ0) is 23.4. The summed E-state index contributed by atoms with van der Waals surface area (Å²) in [4.78, 5) is 16.2. The molecule has 0 bridgehead atoms. The number of hydrogen-bond acceptors (Lipinski definition) is 8. The van der Waals surface area contributed by atoms with E-state index in [1.54, 1.807) is 4.90 Å². The number of nitrogens with zero attached hydrogens (tertiary/aromatic N) is 6. The van der Waals surface area contributed by atoms with Gasteiger partial charge in [-0.2, -0.15) is 4.31 Å². The van der Waals surface area contributed by atoms with Crippen LogP contribution >= 0.6 is 11.8 Å². The molecular formula is C20H27FN6O4S2. The van der Waals surface area contributed by atoms with E-state index in [0.29, 0.717) is 24.9 Å². The van der Waals surface area contributed by atoms with E-state index in [2.05, 4.69) is 15.1 Å². The summed E-state index contributed by atoms with van der Waals surface area (Å²) in [7, 11) is -3.93. The van der Waals surface area contributed by atoms with Crippen LogP contribution < -0.4 is 4.90 Å². The lowest BCUT2D eigenvalue weighted by Crippen LogP contribution is -2.51. The van der Waals surface area contributed by atoms with Crippen LogP contribution in [0.5, 0.6) is 0 Å². The third-order valence-electron chi connectivity index (χ3n) is 5.68. The highest BCUT2D eigenvalue weighted by Crippen LogP contribution is 2.24. The second kappa shape index (κ2) is 10.4. The Kier molecular flexibility index (Phi) is 7.51. The van der Waals surface area contributed by atoms with E-state index in [-0.39, 0.29) is 42.7 Å². The number of piperazine rings is 1. The maximum atomic E-state index is 14.0. The molecule has 0 atom stereocenters. The molecule has 33 heavy (non-hydrogen) atoms. The van der Waals surface area contributed by atoms with Crippen molar-refractivity contribution in [1.82, 2.24) is 24.0 Å². The molecule has 2 saturated heterocycles. The van der Waals surface area contributed by atoms with Crippen molar-refractivity contribution in [3.8, 4) is 0 Å². The number of carbonyl (C=O) groups is 1. The van der Waals surface area contributed by atoms with Crippen LogP contribution in [-0.4, -0.2) is 96.5 Å². The molecule has 13 heteroatoms. The number of thioether (sulfide) groups is 1. The molecule has 2 aliphatic rings. The topological polar surface area (TPSA) is 101 Å². The largest absolute Gasteiger partial charge is 0.378 e. The number of benzene rings is 1. The smallest absolute Gasteiger partial charge is 0.246 e. The number of hydrogen-bond donors (Lipinski definition) is 0. The first-order chi connectivity index (χ1) is 15.9. The second-order valence-electron chi connectivity index (χ2n) is 7.63. The Labute approximate surface area is 196 Å². The summed E-state index contributed by atoms with van der Waals surface area (Å²) >= 11 is 1.32. The van der Waals surface area contributed by atoms with Crippen molar-refractivity contribution >= 4 is 33.6 Å². The average molecular weight is 499 g/mol. The Morgan fingerprint density at radius 3 is 2.45 bits per heavy atom. The molecule has 0 aliphatic carbocycles. The van der Waals surface area contributed by atoms with Crippen LogP contribution in [0.2, 0.25) is 0 Å². The van der Waals surface area contributed by atoms with Crippen molar-refractivity contribution in [1.29, 1.82) is 0 Å². The first-order valence-electron chi connectivity index (χ1n) is 10.8. The number of carbonyl (C=O) groups excluding carboxylic acids is 1. The zero-order valence-corrected chi connectivity index (χ0v) is 20.0. The third kappa shape index (κ3) is 5.15. The van der Waals surface area contributed by atoms with Crippen LogP contribution in [0.3, 0.4) is 0 Å². The Morgan fingerprint density at radius 2 is 1.79 bits per heavy atom. The molecule has 1 aromatic heterocycles. The van der Waals surface area contributed by atoms with E-state index in [9.17, 15) is 17.6 Å². The van der Waals surface area contributed by atoms with Gasteiger partial charge in [0.1, 0.15) is 10.7 Å².